The number of halogens is 2. The van der Waals surface area contributed by atoms with Gasteiger partial charge in [-0.2, -0.15) is 0 Å². The van der Waals surface area contributed by atoms with Crippen LogP contribution in [0.3, 0.4) is 0 Å². The fourth-order valence-electron chi connectivity index (χ4n) is 2.55. The molecule has 0 aliphatic heterocycles. The minimum absolute atomic E-state index is 0.402. The third-order valence-corrected chi connectivity index (χ3v) is 4.74. The maximum Gasteiger partial charge on any atom is 0.135 e. The zero-order valence-electron chi connectivity index (χ0n) is 15.6. The Hall–Kier alpha value is -2.15. The number of anilines is 1. The number of hydrogen-bond acceptors (Lipinski definition) is 5. The van der Waals surface area contributed by atoms with E-state index in [1.807, 2.05) is 37.3 Å². The number of allylic oxidation sites excluding steroid dienone is 3. The first-order valence-electron chi connectivity index (χ1n) is 8.69. The summed E-state index contributed by atoms with van der Waals surface area (Å²) in [4.78, 5) is 4.06. The molecular weight excluding hydrogens is 395 g/mol. The molecule has 1 heterocycles. The summed E-state index contributed by atoms with van der Waals surface area (Å²) in [5.74, 6) is 0. The summed E-state index contributed by atoms with van der Waals surface area (Å²) in [6, 6.07) is 8.49. The van der Waals surface area contributed by atoms with Crippen LogP contribution in [0.1, 0.15) is 18.7 Å². The van der Waals surface area contributed by atoms with Gasteiger partial charge in [-0.3, -0.25) is 4.98 Å². The standard InChI is InChI=1S/C21H24Cl2N4O/c1-3-5-7-14(4-2)19(27-16-9-10-17(22)18(23)12-16)21(25)28-20(24)15-8-6-11-26-13-15/h3-13,19-21,27H,1,24-25H2,2H3/b7-5-,14-4+. The smallest absolute Gasteiger partial charge is 0.135 e. The van der Waals surface area contributed by atoms with Crippen molar-refractivity contribution in [3.05, 3.63) is 94.8 Å². The van der Waals surface area contributed by atoms with Crippen molar-refractivity contribution >= 4 is 28.9 Å². The van der Waals surface area contributed by atoms with Crippen molar-refractivity contribution in [1.82, 2.24) is 4.98 Å². The molecule has 0 aliphatic carbocycles. The van der Waals surface area contributed by atoms with Crippen LogP contribution in [0.15, 0.2) is 79.2 Å². The van der Waals surface area contributed by atoms with Crippen LogP contribution < -0.4 is 16.8 Å². The largest absolute Gasteiger partial charge is 0.374 e. The van der Waals surface area contributed by atoms with E-state index in [0.717, 1.165) is 16.8 Å². The minimum atomic E-state index is -0.759. The van der Waals surface area contributed by atoms with Gasteiger partial charge >= 0.3 is 0 Å². The molecule has 3 unspecified atom stereocenters. The monoisotopic (exact) mass is 418 g/mol. The van der Waals surface area contributed by atoms with Crippen molar-refractivity contribution in [3.8, 4) is 0 Å². The van der Waals surface area contributed by atoms with Crippen LogP contribution in [0.5, 0.6) is 0 Å². The second kappa shape index (κ2) is 11.0. The Kier molecular flexibility index (Phi) is 8.70. The van der Waals surface area contributed by atoms with E-state index in [-0.39, 0.29) is 0 Å². The Morgan fingerprint density at radius 1 is 1.25 bits per heavy atom. The maximum absolute atomic E-state index is 6.38. The molecule has 1 aromatic carbocycles. The number of nitrogens with two attached hydrogens (primary N) is 2. The molecule has 5 nitrogen and oxygen atoms in total. The van der Waals surface area contributed by atoms with E-state index in [1.54, 1.807) is 36.7 Å². The minimum Gasteiger partial charge on any atom is -0.374 e. The van der Waals surface area contributed by atoms with Crippen LogP contribution >= 0.6 is 23.2 Å². The highest BCUT2D eigenvalue weighted by Crippen LogP contribution is 2.27. The first kappa shape index (κ1) is 22.1. The second-order valence-electron chi connectivity index (χ2n) is 5.94. The molecule has 3 atom stereocenters. The quantitative estimate of drug-likeness (QED) is 0.401. The van der Waals surface area contributed by atoms with Crippen molar-refractivity contribution in [2.24, 2.45) is 11.5 Å². The van der Waals surface area contributed by atoms with Crippen LogP contribution in [-0.4, -0.2) is 17.3 Å². The van der Waals surface area contributed by atoms with E-state index in [4.69, 9.17) is 39.4 Å². The molecule has 7 heteroatoms. The fourth-order valence-corrected chi connectivity index (χ4v) is 2.85. The lowest BCUT2D eigenvalue weighted by molar-refractivity contribution is -0.0110. The lowest BCUT2D eigenvalue weighted by Crippen LogP contribution is -2.45. The van der Waals surface area contributed by atoms with Gasteiger partial charge in [-0.05, 0) is 36.8 Å². The van der Waals surface area contributed by atoms with Gasteiger partial charge < -0.3 is 21.5 Å². The summed E-state index contributed by atoms with van der Waals surface area (Å²) in [5, 5.41) is 4.26. The average molecular weight is 419 g/mol. The van der Waals surface area contributed by atoms with Crippen molar-refractivity contribution in [2.75, 3.05) is 5.32 Å². The summed E-state index contributed by atoms with van der Waals surface area (Å²) in [6.07, 6.45) is 9.19. The molecule has 28 heavy (non-hydrogen) atoms. The van der Waals surface area contributed by atoms with Gasteiger partial charge in [0.25, 0.3) is 0 Å². The lowest BCUT2D eigenvalue weighted by atomic mass is 10.0. The zero-order valence-corrected chi connectivity index (χ0v) is 17.1. The highest BCUT2D eigenvalue weighted by atomic mass is 35.5. The molecule has 5 N–H and O–H groups in total. The predicted molar refractivity (Wildman–Crippen MR) is 117 cm³/mol. The van der Waals surface area contributed by atoms with Crippen LogP contribution in [0, 0.1) is 0 Å². The first-order valence-corrected chi connectivity index (χ1v) is 9.45. The summed E-state index contributed by atoms with van der Waals surface area (Å²) in [6.45, 7) is 5.63. The van der Waals surface area contributed by atoms with Crippen molar-refractivity contribution < 1.29 is 4.74 Å². The van der Waals surface area contributed by atoms with Crippen molar-refractivity contribution in [3.63, 3.8) is 0 Å². The molecule has 0 aliphatic rings. The van der Waals surface area contributed by atoms with Gasteiger partial charge in [0.1, 0.15) is 12.5 Å². The molecule has 2 rings (SSSR count). The predicted octanol–water partition coefficient (Wildman–Crippen LogP) is 4.82. The number of hydrogen-bond donors (Lipinski definition) is 3. The van der Waals surface area contributed by atoms with Gasteiger partial charge in [0, 0.05) is 23.6 Å². The average Bonchev–Trinajstić information content (AvgIpc) is 2.70. The number of aromatic nitrogens is 1. The fraction of sp³-hybridized carbons (Fsp3) is 0.190. The van der Waals surface area contributed by atoms with Gasteiger partial charge in [-0.25, -0.2) is 0 Å². The van der Waals surface area contributed by atoms with E-state index in [2.05, 4.69) is 16.9 Å². The second-order valence-corrected chi connectivity index (χ2v) is 6.76. The molecule has 0 fully saturated rings. The molecule has 148 valence electrons. The van der Waals surface area contributed by atoms with Crippen LogP contribution in [0.4, 0.5) is 5.69 Å². The molecule has 0 bridgehead atoms. The summed E-state index contributed by atoms with van der Waals surface area (Å²) < 4.78 is 5.88. The summed E-state index contributed by atoms with van der Waals surface area (Å²) >= 11 is 12.1. The van der Waals surface area contributed by atoms with Gasteiger partial charge in [0.15, 0.2) is 0 Å². The van der Waals surface area contributed by atoms with Crippen molar-refractivity contribution in [2.45, 2.75) is 25.4 Å². The van der Waals surface area contributed by atoms with Crippen LogP contribution in [0.25, 0.3) is 0 Å². The van der Waals surface area contributed by atoms with E-state index >= 15 is 0 Å². The molecule has 1 aromatic heterocycles. The Morgan fingerprint density at radius 3 is 2.64 bits per heavy atom. The number of nitrogens with one attached hydrogen (secondary N) is 1. The van der Waals surface area contributed by atoms with E-state index in [9.17, 15) is 0 Å². The van der Waals surface area contributed by atoms with Gasteiger partial charge in [0.2, 0.25) is 0 Å². The van der Waals surface area contributed by atoms with Crippen molar-refractivity contribution in [1.29, 1.82) is 0 Å². The summed E-state index contributed by atoms with van der Waals surface area (Å²) in [5.41, 5.74) is 14.9. The molecule has 0 spiro atoms. The van der Waals surface area contributed by atoms with E-state index in [1.165, 1.54) is 0 Å². The summed E-state index contributed by atoms with van der Waals surface area (Å²) in [7, 11) is 0. The molecule has 2 aromatic rings. The maximum atomic E-state index is 6.38. The first-order chi connectivity index (χ1) is 13.5. The molecule has 0 radical (unpaired) electrons. The normalized spacial score (nSPS) is 15.2. The number of rotatable bonds is 9. The molecule has 0 saturated carbocycles. The third-order valence-electron chi connectivity index (χ3n) is 4.00. The number of ether oxygens (including phenoxy) is 1. The molecular formula is C21H24Cl2N4O. The third kappa shape index (κ3) is 6.19. The Labute approximate surface area is 175 Å². The Morgan fingerprint density at radius 2 is 2.04 bits per heavy atom. The van der Waals surface area contributed by atoms with E-state index < -0.39 is 18.5 Å². The topological polar surface area (TPSA) is 86.2 Å². The molecule has 0 saturated heterocycles. The molecule has 0 amide bonds. The van der Waals surface area contributed by atoms with Gasteiger partial charge in [0.05, 0.1) is 16.1 Å². The van der Waals surface area contributed by atoms with Gasteiger partial charge in [-0.1, -0.05) is 60.2 Å². The lowest BCUT2D eigenvalue weighted by Gasteiger charge is -2.29. The number of nitrogens with zero attached hydrogens (tertiary/aromatic N) is 1. The SMILES string of the molecule is C=C/C=C\C(=C/C)C(Nc1ccc(Cl)c(Cl)c1)C(N)OC(N)c1cccnc1. The van der Waals surface area contributed by atoms with E-state index in [0.29, 0.717) is 10.0 Å². The highest BCUT2D eigenvalue weighted by molar-refractivity contribution is 6.42. The van der Waals surface area contributed by atoms with Crippen LogP contribution in [-0.2, 0) is 4.74 Å². The Balaban J connectivity index is 2.26. The number of benzene rings is 1. The zero-order chi connectivity index (χ0) is 20.5. The van der Waals surface area contributed by atoms with Gasteiger partial charge in [-0.15, -0.1) is 0 Å². The Bertz CT molecular complexity index is 840. The van der Waals surface area contributed by atoms with Crippen LogP contribution in [0.2, 0.25) is 10.0 Å². The highest BCUT2D eigenvalue weighted by Gasteiger charge is 2.24. The number of pyridine rings is 1.